The summed E-state index contributed by atoms with van der Waals surface area (Å²) in [5.41, 5.74) is 0. The van der Waals surface area contributed by atoms with Crippen molar-refractivity contribution in [1.82, 2.24) is 10.6 Å². The zero-order valence-corrected chi connectivity index (χ0v) is 15.0. The number of para-hydroxylation sites is 1. The summed E-state index contributed by atoms with van der Waals surface area (Å²) in [5.74, 6) is 2.55. The van der Waals surface area contributed by atoms with Crippen LogP contribution in [0.15, 0.2) is 35.3 Å². The number of benzene rings is 1. The Bertz CT molecular complexity index is 475. The summed E-state index contributed by atoms with van der Waals surface area (Å²) in [7, 11) is 1.79. The predicted molar refractivity (Wildman–Crippen MR) is 98.7 cm³/mol. The van der Waals surface area contributed by atoms with Gasteiger partial charge in [0.1, 0.15) is 11.9 Å². The molecule has 1 aromatic rings. The highest BCUT2D eigenvalue weighted by molar-refractivity contribution is 5.79. The molecule has 134 valence electrons. The molecule has 1 aliphatic rings. The third-order valence-electron chi connectivity index (χ3n) is 4.03. The van der Waals surface area contributed by atoms with Crippen LogP contribution >= 0.6 is 0 Å². The molecule has 0 amide bonds. The van der Waals surface area contributed by atoms with Gasteiger partial charge in [-0.05, 0) is 43.7 Å². The molecule has 5 heteroatoms. The average molecular weight is 333 g/mol. The van der Waals surface area contributed by atoms with Gasteiger partial charge in [0.2, 0.25) is 0 Å². The molecule has 0 heterocycles. The van der Waals surface area contributed by atoms with Crippen molar-refractivity contribution < 1.29 is 9.47 Å². The van der Waals surface area contributed by atoms with Gasteiger partial charge in [-0.15, -0.1) is 0 Å². The second-order valence-electron chi connectivity index (χ2n) is 6.21. The molecule has 0 bridgehead atoms. The van der Waals surface area contributed by atoms with Crippen molar-refractivity contribution in [3.8, 4) is 5.75 Å². The Morgan fingerprint density at radius 3 is 2.71 bits per heavy atom. The van der Waals surface area contributed by atoms with Gasteiger partial charge in [0.25, 0.3) is 0 Å². The lowest BCUT2D eigenvalue weighted by atomic mass is 10.2. The number of ether oxygens (including phenoxy) is 2. The van der Waals surface area contributed by atoms with Crippen LogP contribution in [0.4, 0.5) is 0 Å². The Morgan fingerprint density at radius 2 is 2.04 bits per heavy atom. The van der Waals surface area contributed by atoms with Crippen molar-refractivity contribution in [2.24, 2.45) is 10.9 Å². The van der Waals surface area contributed by atoms with E-state index < -0.39 is 0 Å². The summed E-state index contributed by atoms with van der Waals surface area (Å²) in [6.45, 7) is 5.46. The summed E-state index contributed by atoms with van der Waals surface area (Å²) >= 11 is 0. The Balaban J connectivity index is 1.58. The second-order valence-corrected chi connectivity index (χ2v) is 6.21. The third-order valence-corrected chi connectivity index (χ3v) is 4.03. The highest BCUT2D eigenvalue weighted by Gasteiger charge is 2.20. The van der Waals surface area contributed by atoms with Crippen molar-refractivity contribution in [3.63, 3.8) is 0 Å². The van der Waals surface area contributed by atoms with Crippen LogP contribution in [0.3, 0.4) is 0 Å². The van der Waals surface area contributed by atoms with Crippen LogP contribution in [0.1, 0.15) is 32.6 Å². The molecule has 0 radical (unpaired) electrons. The van der Waals surface area contributed by atoms with Crippen molar-refractivity contribution in [1.29, 1.82) is 0 Å². The smallest absolute Gasteiger partial charge is 0.191 e. The van der Waals surface area contributed by atoms with Gasteiger partial charge in [-0.3, -0.25) is 4.99 Å². The molecule has 2 N–H and O–H groups in total. The van der Waals surface area contributed by atoms with Gasteiger partial charge in [-0.2, -0.15) is 0 Å². The molecular weight excluding hydrogens is 302 g/mol. The quantitative estimate of drug-likeness (QED) is 0.371. The largest absolute Gasteiger partial charge is 0.489 e. The minimum absolute atomic E-state index is 0.118. The van der Waals surface area contributed by atoms with E-state index in [1.54, 1.807) is 7.05 Å². The number of aliphatic imine (C=N–C) groups is 1. The van der Waals surface area contributed by atoms with E-state index in [0.717, 1.165) is 56.8 Å². The Kier molecular flexibility index (Phi) is 8.46. The minimum Gasteiger partial charge on any atom is -0.489 e. The topological polar surface area (TPSA) is 54.9 Å². The summed E-state index contributed by atoms with van der Waals surface area (Å²) in [6.07, 6.45) is 4.74. The lowest BCUT2D eigenvalue weighted by Crippen LogP contribution is -2.42. The number of nitrogens with one attached hydrogen (secondary N) is 2. The first-order chi connectivity index (χ1) is 11.8. The highest BCUT2D eigenvalue weighted by Crippen LogP contribution is 2.28. The van der Waals surface area contributed by atoms with E-state index in [4.69, 9.17) is 9.47 Å². The van der Waals surface area contributed by atoms with Gasteiger partial charge in [0.05, 0.1) is 6.54 Å². The van der Waals surface area contributed by atoms with Crippen molar-refractivity contribution >= 4 is 5.96 Å². The summed E-state index contributed by atoms with van der Waals surface area (Å²) in [5, 5.41) is 6.65. The number of hydrogen-bond acceptors (Lipinski definition) is 3. The van der Waals surface area contributed by atoms with Gasteiger partial charge in [0.15, 0.2) is 5.96 Å². The van der Waals surface area contributed by atoms with E-state index in [-0.39, 0.29) is 6.10 Å². The maximum Gasteiger partial charge on any atom is 0.191 e. The van der Waals surface area contributed by atoms with Gasteiger partial charge >= 0.3 is 0 Å². The molecule has 0 saturated heterocycles. The third kappa shape index (κ3) is 7.68. The summed E-state index contributed by atoms with van der Waals surface area (Å²) < 4.78 is 11.6. The first-order valence-corrected chi connectivity index (χ1v) is 9.05. The monoisotopic (exact) mass is 333 g/mol. The SMILES string of the molecule is CCC(CNC(=NC)NCCCOCC1CC1)Oc1ccccc1. The Labute approximate surface area is 145 Å². The minimum atomic E-state index is 0.118. The average Bonchev–Trinajstić information content (AvgIpc) is 3.44. The molecule has 0 spiro atoms. The molecule has 24 heavy (non-hydrogen) atoms. The Morgan fingerprint density at radius 1 is 1.25 bits per heavy atom. The molecular formula is C19H31N3O2. The molecule has 1 atom stereocenters. The zero-order chi connectivity index (χ0) is 17.0. The van der Waals surface area contributed by atoms with Crippen LogP contribution in [0.5, 0.6) is 5.75 Å². The van der Waals surface area contributed by atoms with E-state index in [0.29, 0.717) is 0 Å². The Hall–Kier alpha value is -1.75. The first kappa shape index (κ1) is 18.6. The fourth-order valence-electron chi connectivity index (χ4n) is 2.31. The lowest BCUT2D eigenvalue weighted by Gasteiger charge is -2.20. The zero-order valence-electron chi connectivity index (χ0n) is 15.0. The van der Waals surface area contributed by atoms with Crippen LogP contribution in [0, 0.1) is 5.92 Å². The maximum absolute atomic E-state index is 5.98. The van der Waals surface area contributed by atoms with Gasteiger partial charge in [-0.1, -0.05) is 25.1 Å². The number of hydrogen-bond donors (Lipinski definition) is 2. The highest BCUT2D eigenvalue weighted by atomic mass is 16.5. The van der Waals surface area contributed by atoms with Gasteiger partial charge < -0.3 is 20.1 Å². The molecule has 1 fully saturated rings. The predicted octanol–water partition coefficient (Wildman–Crippen LogP) is 2.83. The van der Waals surface area contributed by atoms with E-state index in [9.17, 15) is 0 Å². The normalized spacial score (nSPS) is 15.8. The molecule has 0 aliphatic heterocycles. The molecule has 1 aromatic carbocycles. The van der Waals surface area contributed by atoms with Crippen molar-refractivity contribution in [3.05, 3.63) is 30.3 Å². The van der Waals surface area contributed by atoms with E-state index >= 15 is 0 Å². The molecule has 1 saturated carbocycles. The number of rotatable bonds is 11. The van der Waals surface area contributed by atoms with Crippen LogP contribution in [-0.4, -0.2) is 45.4 Å². The van der Waals surface area contributed by atoms with Crippen LogP contribution < -0.4 is 15.4 Å². The fraction of sp³-hybridized carbons (Fsp3) is 0.632. The molecule has 1 aliphatic carbocycles. The van der Waals surface area contributed by atoms with E-state index in [2.05, 4.69) is 22.5 Å². The maximum atomic E-state index is 5.98. The molecule has 1 unspecified atom stereocenters. The lowest BCUT2D eigenvalue weighted by molar-refractivity contribution is 0.123. The molecule has 2 rings (SSSR count). The number of guanidine groups is 1. The van der Waals surface area contributed by atoms with E-state index in [1.807, 2.05) is 30.3 Å². The fourth-order valence-corrected chi connectivity index (χ4v) is 2.31. The molecule has 5 nitrogen and oxygen atoms in total. The standard InChI is InChI=1S/C19H31N3O2/c1-3-17(24-18-8-5-4-6-9-18)14-22-19(20-2)21-12-7-13-23-15-16-10-11-16/h4-6,8-9,16-17H,3,7,10-15H2,1-2H3,(H2,20,21,22). The number of nitrogens with zero attached hydrogens (tertiary/aromatic N) is 1. The van der Waals surface area contributed by atoms with Gasteiger partial charge in [0, 0.05) is 26.8 Å². The first-order valence-electron chi connectivity index (χ1n) is 9.05. The van der Waals surface area contributed by atoms with Gasteiger partial charge in [-0.25, -0.2) is 0 Å². The van der Waals surface area contributed by atoms with E-state index in [1.165, 1.54) is 12.8 Å². The summed E-state index contributed by atoms with van der Waals surface area (Å²) in [4.78, 5) is 4.26. The summed E-state index contributed by atoms with van der Waals surface area (Å²) in [6, 6.07) is 9.93. The van der Waals surface area contributed by atoms with Crippen molar-refractivity contribution in [2.45, 2.75) is 38.7 Å². The van der Waals surface area contributed by atoms with Crippen LogP contribution in [0.25, 0.3) is 0 Å². The molecule has 0 aromatic heterocycles. The second kappa shape index (κ2) is 10.9. The van der Waals surface area contributed by atoms with Crippen molar-refractivity contribution in [2.75, 3.05) is 33.4 Å². The van der Waals surface area contributed by atoms with Crippen LogP contribution in [0.2, 0.25) is 0 Å². The van der Waals surface area contributed by atoms with Crippen LogP contribution in [-0.2, 0) is 4.74 Å².